The third-order valence-electron chi connectivity index (χ3n) is 5.97. The minimum Gasteiger partial charge on any atom is -0.458 e. The number of aliphatic hydroxyl groups is 1. The quantitative estimate of drug-likeness (QED) is 0.492. The molecule has 5 rings (SSSR count). The number of ether oxygens (including phenoxy) is 1. The Morgan fingerprint density at radius 3 is 2.90 bits per heavy atom. The summed E-state index contributed by atoms with van der Waals surface area (Å²) >= 11 is 5.90. The van der Waals surface area contributed by atoms with Crippen molar-refractivity contribution >= 4 is 28.5 Å². The molecule has 7 nitrogen and oxygen atoms in total. The summed E-state index contributed by atoms with van der Waals surface area (Å²) in [6, 6.07) is 11.5. The number of esters is 1. The number of hydrogen-bond acceptors (Lipinski definition) is 6. The van der Waals surface area contributed by atoms with Gasteiger partial charge in [0, 0.05) is 28.9 Å². The Bertz CT molecular complexity index is 1260. The van der Waals surface area contributed by atoms with Gasteiger partial charge in [-0.15, -0.1) is 11.6 Å². The van der Waals surface area contributed by atoms with Gasteiger partial charge in [0.1, 0.15) is 12.8 Å². The predicted octanol–water partition coefficient (Wildman–Crippen LogP) is 2.41. The van der Waals surface area contributed by atoms with Crippen LogP contribution in [0, 0.1) is 0 Å². The van der Waals surface area contributed by atoms with Gasteiger partial charge < -0.3 is 9.84 Å². The summed E-state index contributed by atoms with van der Waals surface area (Å²) < 4.78 is 6.77. The maximum absolute atomic E-state index is 13.5. The molecule has 2 aliphatic heterocycles. The van der Waals surface area contributed by atoms with E-state index >= 15 is 0 Å². The van der Waals surface area contributed by atoms with Gasteiger partial charge in [-0.25, -0.2) is 9.78 Å². The highest BCUT2D eigenvalue weighted by atomic mass is 35.5. The Morgan fingerprint density at radius 1 is 1.33 bits per heavy atom. The van der Waals surface area contributed by atoms with Crippen LogP contribution in [0.15, 0.2) is 41.2 Å². The Balaban J connectivity index is 1.82. The van der Waals surface area contributed by atoms with Crippen LogP contribution in [0.3, 0.4) is 0 Å². The number of aromatic nitrogens is 2. The second-order valence-electron chi connectivity index (χ2n) is 7.55. The van der Waals surface area contributed by atoms with Gasteiger partial charge in [-0.2, -0.15) is 0 Å². The van der Waals surface area contributed by atoms with Crippen LogP contribution in [-0.4, -0.2) is 33.1 Å². The summed E-state index contributed by atoms with van der Waals surface area (Å²) in [6.07, 6.45) is -0.343. The molecule has 1 unspecified atom stereocenters. The summed E-state index contributed by atoms with van der Waals surface area (Å²) in [5.74, 6) is -0.349. The second kappa shape index (κ2) is 6.91. The lowest BCUT2D eigenvalue weighted by Crippen LogP contribution is -2.45. The standard InChI is InChI=1S/C22H20ClN3O4/c1-2-22(29)15-10-17-18-13(9-12-5-3-4-6-16(12)25-18)19(24-8-7-23)26(17)20(27)14(15)11-30-21(22)28/h3-6,9-10,19,24,29H,2,7-8,11H2,1H3/t19?,22-/m0/s1. The van der Waals surface area contributed by atoms with E-state index in [0.29, 0.717) is 29.4 Å². The molecular formula is C22H20ClN3O4. The van der Waals surface area contributed by atoms with E-state index in [4.69, 9.17) is 21.3 Å². The summed E-state index contributed by atoms with van der Waals surface area (Å²) in [6.45, 7) is 2.02. The third-order valence-corrected chi connectivity index (χ3v) is 6.16. The minimum atomic E-state index is -1.85. The van der Waals surface area contributed by atoms with Crippen LogP contribution in [0.2, 0.25) is 0 Å². The first kappa shape index (κ1) is 19.2. The number of halogens is 1. The van der Waals surface area contributed by atoms with E-state index in [1.54, 1.807) is 17.6 Å². The molecule has 154 valence electrons. The summed E-state index contributed by atoms with van der Waals surface area (Å²) in [5, 5.41) is 15.3. The Hall–Kier alpha value is -2.74. The van der Waals surface area contributed by atoms with Crippen molar-refractivity contribution in [3.05, 3.63) is 63.4 Å². The number of nitrogens with one attached hydrogen (secondary N) is 1. The molecule has 0 bridgehead atoms. The molecule has 0 radical (unpaired) electrons. The van der Waals surface area contributed by atoms with E-state index in [-0.39, 0.29) is 24.2 Å². The molecule has 0 spiro atoms. The zero-order chi connectivity index (χ0) is 21.0. The van der Waals surface area contributed by atoms with E-state index in [1.807, 2.05) is 30.3 Å². The largest absolute Gasteiger partial charge is 0.458 e. The molecule has 2 aliphatic rings. The fourth-order valence-corrected chi connectivity index (χ4v) is 4.50. The first-order valence-electron chi connectivity index (χ1n) is 9.87. The van der Waals surface area contributed by atoms with Gasteiger partial charge in [-0.3, -0.25) is 14.7 Å². The first-order chi connectivity index (χ1) is 14.5. The number of fused-ring (bicyclic) bond motifs is 5. The van der Waals surface area contributed by atoms with E-state index in [9.17, 15) is 14.7 Å². The van der Waals surface area contributed by atoms with E-state index in [0.717, 1.165) is 16.5 Å². The zero-order valence-corrected chi connectivity index (χ0v) is 17.1. The van der Waals surface area contributed by atoms with Crippen molar-refractivity contribution < 1.29 is 14.6 Å². The highest BCUT2D eigenvalue weighted by Gasteiger charge is 2.46. The number of carbonyl (C=O) groups excluding carboxylic acids is 1. The second-order valence-corrected chi connectivity index (χ2v) is 7.93. The lowest BCUT2D eigenvalue weighted by molar-refractivity contribution is -0.172. The number of rotatable bonds is 4. The average molecular weight is 426 g/mol. The van der Waals surface area contributed by atoms with E-state index in [2.05, 4.69) is 5.32 Å². The van der Waals surface area contributed by atoms with Crippen LogP contribution in [0.25, 0.3) is 22.3 Å². The van der Waals surface area contributed by atoms with Crippen molar-refractivity contribution in [2.45, 2.75) is 31.7 Å². The van der Waals surface area contributed by atoms with Crippen molar-refractivity contribution in [1.29, 1.82) is 0 Å². The minimum absolute atomic E-state index is 0.105. The molecule has 0 saturated heterocycles. The number of cyclic esters (lactones) is 1. The van der Waals surface area contributed by atoms with Gasteiger partial charge in [0.25, 0.3) is 5.56 Å². The topological polar surface area (TPSA) is 93.5 Å². The number of carbonyl (C=O) groups is 1. The smallest absolute Gasteiger partial charge is 0.343 e. The maximum Gasteiger partial charge on any atom is 0.343 e. The highest BCUT2D eigenvalue weighted by molar-refractivity contribution is 6.18. The van der Waals surface area contributed by atoms with Gasteiger partial charge in [-0.05, 0) is 24.6 Å². The highest BCUT2D eigenvalue weighted by Crippen LogP contribution is 2.41. The van der Waals surface area contributed by atoms with Crippen LogP contribution in [-0.2, 0) is 21.7 Å². The van der Waals surface area contributed by atoms with Crippen LogP contribution < -0.4 is 10.9 Å². The number of nitrogens with zero attached hydrogens (tertiary/aromatic N) is 2. The molecule has 1 aromatic carbocycles. The van der Waals surface area contributed by atoms with Crippen molar-refractivity contribution in [3.8, 4) is 11.4 Å². The third kappa shape index (κ3) is 2.56. The number of pyridine rings is 2. The molecular weight excluding hydrogens is 406 g/mol. The van der Waals surface area contributed by atoms with Gasteiger partial charge in [0.2, 0.25) is 0 Å². The van der Waals surface area contributed by atoms with E-state index in [1.165, 1.54) is 0 Å². The molecule has 2 aromatic heterocycles. The average Bonchev–Trinajstić information content (AvgIpc) is 3.06. The first-order valence-corrected chi connectivity index (χ1v) is 10.4. The molecule has 8 heteroatoms. The SMILES string of the molecule is CC[C@@]1(O)C(=O)OCc2c1cc1n(c2=O)C(NCCCl)c2cc3ccccc3nc2-1. The number of benzene rings is 1. The molecule has 0 fully saturated rings. The molecule has 2 N–H and O–H groups in total. The number of alkyl halides is 1. The Kier molecular flexibility index (Phi) is 4.43. The number of para-hydroxylation sites is 1. The normalized spacial score (nSPS) is 21.8. The molecule has 0 amide bonds. The maximum atomic E-state index is 13.5. The van der Waals surface area contributed by atoms with Crippen LogP contribution in [0.1, 0.15) is 36.2 Å². The van der Waals surface area contributed by atoms with Crippen LogP contribution in [0.4, 0.5) is 0 Å². The number of hydrogen-bond donors (Lipinski definition) is 2. The van der Waals surface area contributed by atoms with Gasteiger partial charge in [0.05, 0.1) is 22.5 Å². The van der Waals surface area contributed by atoms with Crippen LogP contribution >= 0.6 is 11.6 Å². The molecule has 3 aromatic rings. The lowest BCUT2D eigenvalue weighted by Gasteiger charge is -2.32. The molecule has 30 heavy (non-hydrogen) atoms. The van der Waals surface area contributed by atoms with Crippen LogP contribution in [0.5, 0.6) is 0 Å². The zero-order valence-electron chi connectivity index (χ0n) is 16.3. The van der Waals surface area contributed by atoms with Crippen molar-refractivity contribution in [2.24, 2.45) is 0 Å². The van der Waals surface area contributed by atoms with Gasteiger partial charge in [0.15, 0.2) is 5.60 Å². The summed E-state index contributed by atoms with van der Waals surface area (Å²) in [5.41, 5.74) is 1.30. The molecule has 2 atom stereocenters. The van der Waals surface area contributed by atoms with Crippen molar-refractivity contribution in [3.63, 3.8) is 0 Å². The summed E-state index contributed by atoms with van der Waals surface area (Å²) in [7, 11) is 0. The van der Waals surface area contributed by atoms with Crippen molar-refractivity contribution in [1.82, 2.24) is 14.9 Å². The fourth-order valence-electron chi connectivity index (χ4n) is 4.39. The molecule has 0 aliphatic carbocycles. The Morgan fingerprint density at radius 2 is 2.13 bits per heavy atom. The van der Waals surface area contributed by atoms with Crippen molar-refractivity contribution in [2.75, 3.05) is 12.4 Å². The monoisotopic (exact) mass is 425 g/mol. The molecule has 0 saturated carbocycles. The fraction of sp³-hybridized carbons (Fsp3) is 0.318. The van der Waals surface area contributed by atoms with Gasteiger partial charge >= 0.3 is 5.97 Å². The van der Waals surface area contributed by atoms with Gasteiger partial charge in [-0.1, -0.05) is 25.1 Å². The van der Waals surface area contributed by atoms with E-state index < -0.39 is 17.7 Å². The summed E-state index contributed by atoms with van der Waals surface area (Å²) in [4.78, 5) is 30.6. The molecule has 4 heterocycles. The predicted molar refractivity (Wildman–Crippen MR) is 112 cm³/mol. The Labute approximate surface area is 177 Å². The lowest BCUT2D eigenvalue weighted by atomic mass is 9.86.